The molecule has 4 N–H and O–H groups in total. The van der Waals surface area contributed by atoms with Gasteiger partial charge in [0.1, 0.15) is 16.9 Å². The van der Waals surface area contributed by atoms with E-state index in [0.29, 0.717) is 31.6 Å². The highest BCUT2D eigenvalue weighted by atomic mass is 16.3. The molecule has 2 amide bonds. The van der Waals surface area contributed by atoms with Crippen molar-refractivity contribution in [2.24, 2.45) is 0 Å². The first kappa shape index (κ1) is 17.9. The number of carbonyl (C=O) groups is 2. The molecule has 3 heterocycles. The van der Waals surface area contributed by atoms with Crippen molar-refractivity contribution in [3.05, 3.63) is 35.6 Å². The molecule has 3 aliphatic heterocycles. The first-order valence-electron chi connectivity index (χ1n) is 9.72. The highest BCUT2D eigenvalue weighted by molar-refractivity contribution is 6.25. The summed E-state index contributed by atoms with van der Waals surface area (Å²) in [7, 11) is 0. The summed E-state index contributed by atoms with van der Waals surface area (Å²) in [5.41, 5.74) is 0.784. The van der Waals surface area contributed by atoms with Crippen LogP contribution in [0, 0.1) is 0 Å². The Morgan fingerprint density at radius 3 is 2.41 bits per heavy atom. The quantitative estimate of drug-likeness (QED) is 0.608. The minimum absolute atomic E-state index is 0.128. The fraction of sp³-hybridized carbons (Fsp3) is 0.500. The molecule has 7 nitrogen and oxygen atoms in total. The van der Waals surface area contributed by atoms with Crippen molar-refractivity contribution in [1.82, 2.24) is 10.6 Å². The van der Waals surface area contributed by atoms with E-state index in [1.807, 2.05) is 24.3 Å². The van der Waals surface area contributed by atoms with Gasteiger partial charge in [0.05, 0.1) is 0 Å². The van der Waals surface area contributed by atoms with Crippen LogP contribution in [0.2, 0.25) is 0 Å². The van der Waals surface area contributed by atoms with E-state index in [1.165, 1.54) is 19.3 Å². The number of carbonyl (C=O) groups excluding carboxylic acids is 2. The molecule has 0 saturated carbocycles. The van der Waals surface area contributed by atoms with Crippen LogP contribution in [0.4, 0.5) is 11.4 Å². The van der Waals surface area contributed by atoms with Crippen LogP contribution in [0.25, 0.3) is 0 Å². The molecule has 144 valence electrons. The lowest BCUT2D eigenvalue weighted by Gasteiger charge is -2.33. The fourth-order valence-electron chi connectivity index (χ4n) is 4.21. The zero-order valence-corrected chi connectivity index (χ0v) is 15.4. The van der Waals surface area contributed by atoms with Gasteiger partial charge in [0.25, 0.3) is 11.8 Å². The number of amides is 2. The normalized spacial score (nSPS) is 22.1. The van der Waals surface area contributed by atoms with Crippen molar-refractivity contribution in [3.63, 3.8) is 0 Å². The summed E-state index contributed by atoms with van der Waals surface area (Å²) in [4.78, 5) is 27.3. The number of hydrogen-bond donors (Lipinski definition) is 4. The summed E-state index contributed by atoms with van der Waals surface area (Å²) in [6, 6.07) is 7.65. The number of piperidine rings is 2. The van der Waals surface area contributed by atoms with Crippen molar-refractivity contribution in [1.29, 1.82) is 0 Å². The molecule has 1 spiro atoms. The minimum atomic E-state index is -0.798. The Morgan fingerprint density at radius 2 is 1.74 bits per heavy atom. The molecule has 27 heavy (non-hydrogen) atoms. The maximum Gasteiger partial charge on any atom is 0.264 e. The maximum atomic E-state index is 12.6. The Hall–Kier alpha value is -2.54. The van der Waals surface area contributed by atoms with E-state index in [1.54, 1.807) is 0 Å². The molecule has 1 aromatic rings. The Morgan fingerprint density at radius 1 is 1.07 bits per heavy atom. The highest BCUT2D eigenvalue weighted by Gasteiger charge is 2.48. The van der Waals surface area contributed by atoms with Crippen molar-refractivity contribution < 1.29 is 14.7 Å². The minimum Gasteiger partial charge on any atom is -0.509 e. The Balaban J connectivity index is 1.47. The molecule has 0 aromatic heterocycles. The van der Waals surface area contributed by atoms with Gasteiger partial charge in [-0.1, -0.05) is 0 Å². The third-order valence-electron chi connectivity index (χ3n) is 5.80. The van der Waals surface area contributed by atoms with Crippen LogP contribution in [-0.4, -0.2) is 48.6 Å². The molecule has 2 fully saturated rings. The van der Waals surface area contributed by atoms with Gasteiger partial charge in [-0.25, -0.2) is 0 Å². The number of nitrogens with one attached hydrogen (secondary N) is 3. The molecular weight excluding hydrogens is 344 g/mol. The first-order chi connectivity index (χ1) is 13.1. The summed E-state index contributed by atoms with van der Waals surface area (Å²) in [6.45, 7) is 3.50. The molecule has 3 aliphatic rings. The van der Waals surface area contributed by atoms with Crippen molar-refractivity contribution >= 4 is 23.2 Å². The Labute approximate surface area is 158 Å². The first-order valence-corrected chi connectivity index (χ1v) is 9.72. The van der Waals surface area contributed by atoms with E-state index >= 15 is 0 Å². The second-order valence-corrected chi connectivity index (χ2v) is 7.56. The molecule has 7 heteroatoms. The number of aliphatic hydroxyl groups is 1. The third-order valence-corrected chi connectivity index (χ3v) is 5.80. The van der Waals surface area contributed by atoms with Crippen LogP contribution < -0.4 is 20.9 Å². The zero-order chi connectivity index (χ0) is 18.9. The molecule has 0 atom stereocenters. The second kappa shape index (κ2) is 7.23. The summed E-state index contributed by atoms with van der Waals surface area (Å²) in [6.07, 6.45) is 4.84. The monoisotopic (exact) mass is 370 g/mol. The van der Waals surface area contributed by atoms with Gasteiger partial charge in [-0.05, 0) is 69.5 Å². The van der Waals surface area contributed by atoms with E-state index in [2.05, 4.69) is 20.9 Å². The molecular formula is C20H26N4O3. The van der Waals surface area contributed by atoms with E-state index < -0.39 is 17.4 Å². The van der Waals surface area contributed by atoms with Crippen LogP contribution >= 0.6 is 0 Å². The van der Waals surface area contributed by atoms with E-state index in [-0.39, 0.29) is 11.3 Å². The second-order valence-electron chi connectivity index (χ2n) is 7.56. The van der Waals surface area contributed by atoms with Gasteiger partial charge in [-0.15, -0.1) is 0 Å². The van der Waals surface area contributed by atoms with Gasteiger partial charge in [0.15, 0.2) is 0 Å². The third kappa shape index (κ3) is 3.39. The SMILES string of the molecule is O=C(Nc1ccc(N2CCCCC2)cc1)C1=C(O)C2(CCNCC2)NC1=O. The smallest absolute Gasteiger partial charge is 0.264 e. The molecule has 0 bridgehead atoms. The topological polar surface area (TPSA) is 93.7 Å². The lowest BCUT2D eigenvalue weighted by molar-refractivity contribution is -0.121. The van der Waals surface area contributed by atoms with Gasteiger partial charge in [0, 0.05) is 24.5 Å². The van der Waals surface area contributed by atoms with E-state index in [0.717, 1.165) is 18.8 Å². The van der Waals surface area contributed by atoms with Crippen LogP contribution in [0.3, 0.4) is 0 Å². The lowest BCUT2D eigenvalue weighted by Crippen LogP contribution is -2.51. The summed E-state index contributed by atoms with van der Waals surface area (Å²) in [5.74, 6) is -1.19. The van der Waals surface area contributed by atoms with Crippen molar-refractivity contribution in [2.75, 3.05) is 36.4 Å². The van der Waals surface area contributed by atoms with E-state index in [4.69, 9.17) is 0 Å². The van der Waals surface area contributed by atoms with E-state index in [9.17, 15) is 14.7 Å². The van der Waals surface area contributed by atoms with Crippen molar-refractivity contribution in [3.8, 4) is 0 Å². The molecule has 0 radical (unpaired) electrons. The van der Waals surface area contributed by atoms with Gasteiger partial charge in [-0.2, -0.15) is 0 Å². The van der Waals surface area contributed by atoms with Crippen LogP contribution in [0.15, 0.2) is 35.6 Å². The van der Waals surface area contributed by atoms with Gasteiger partial charge in [-0.3, -0.25) is 9.59 Å². The molecule has 4 rings (SSSR count). The average Bonchev–Trinajstić information content (AvgIpc) is 2.93. The van der Waals surface area contributed by atoms with Gasteiger partial charge in [0.2, 0.25) is 0 Å². The van der Waals surface area contributed by atoms with Crippen LogP contribution in [0.5, 0.6) is 0 Å². The Kier molecular flexibility index (Phi) is 4.78. The van der Waals surface area contributed by atoms with Crippen molar-refractivity contribution in [2.45, 2.75) is 37.6 Å². The number of nitrogens with zero attached hydrogens (tertiary/aromatic N) is 1. The predicted molar refractivity (Wildman–Crippen MR) is 104 cm³/mol. The summed E-state index contributed by atoms with van der Waals surface area (Å²) in [5, 5.41) is 19.4. The van der Waals surface area contributed by atoms with Gasteiger partial charge < -0.3 is 26.0 Å². The lowest BCUT2D eigenvalue weighted by atomic mass is 9.87. The number of aliphatic hydroxyl groups excluding tert-OH is 1. The largest absolute Gasteiger partial charge is 0.509 e. The van der Waals surface area contributed by atoms with Gasteiger partial charge >= 0.3 is 0 Å². The van der Waals surface area contributed by atoms with Crippen LogP contribution in [-0.2, 0) is 9.59 Å². The fourth-order valence-corrected chi connectivity index (χ4v) is 4.21. The average molecular weight is 370 g/mol. The summed E-state index contributed by atoms with van der Waals surface area (Å²) < 4.78 is 0. The van der Waals surface area contributed by atoms with Crippen LogP contribution in [0.1, 0.15) is 32.1 Å². The standard InChI is InChI=1S/C20H26N4O3/c25-17-16(19(27)23-20(17)8-10-21-11-9-20)18(26)22-14-4-6-15(7-5-14)24-12-2-1-3-13-24/h4-7,21,25H,1-3,8-13H2,(H,22,26)(H,23,27). The summed E-state index contributed by atoms with van der Waals surface area (Å²) >= 11 is 0. The zero-order valence-electron chi connectivity index (χ0n) is 15.4. The maximum absolute atomic E-state index is 12.6. The molecule has 2 saturated heterocycles. The number of hydrogen-bond acceptors (Lipinski definition) is 5. The number of rotatable bonds is 3. The number of anilines is 2. The molecule has 0 aliphatic carbocycles. The molecule has 0 unspecified atom stereocenters. The number of benzene rings is 1. The Bertz CT molecular complexity index is 760. The predicted octanol–water partition coefficient (Wildman–Crippen LogP) is 1.68. The highest BCUT2D eigenvalue weighted by Crippen LogP contribution is 2.33. The molecule has 1 aromatic carbocycles.